The van der Waals surface area contributed by atoms with E-state index in [9.17, 15) is 14.3 Å². The van der Waals surface area contributed by atoms with Gasteiger partial charge in [0.2, 0.25) is 0 Å². The van der Waals surface area contributed by atoms with Crippen molar-refractivity contribution in [3.05, 3.63) is 70.8 Å². The highest BCUT2D eigenvalue weighted by Gasteiger charge is 2.19. The summed E-state index contributed by atoms with van der Waals surface area (Å²) in [5.41, 5.74) is 1.67. The molecule has 6 heteroatoms. The summed E-state index contributed by atoms with van der Waals surface area (Å²) in [6.45, 7) is 0. The van der Waals surface area contributed by atoms with E-state index < -0.39 is 5.97 Å². The van der Waals surface area contributed by atoms with Crippen molar-refractivity contribution in [2.45, 2.75) is 0 Å². The lowest BCUT2D eigenvalue weighted by molar-refractivity contribution is 0.0692. The van der Waals surface area contributed by atoms with Gasteiger partial charge in [0.15, 0.2) is 5.69 Å². The van der Waals surface area contributed by atoms with Gasteiger partial charge in [-0.25, -0.2) is 14.2 Å². The largest absolute Gasteiger partial charge is 0.476 e. The number of aromatic nitrogens is 2. The summed E-state index contributed by atoms with van der Waals surface area (Å²) in [6, 6.07) is 13.1. The predicted octanol–water partition coefficient (Wildman–Crippen LogP) is 4.14. The van der Waals surface area contributed by atoms with Crippen LogP contribution in [0.1, 0.15) is 10.5 Å². The molecule has 0 saturated carbocycles. The maximum Gasteiger partial charge on any atom is 0.356 e. The first-order chi connectivity index (χ1) is 10.6. The molecule has 1 heterocycles. The van der Waals surface area contributed by atoms with Gasteiger partial charge >= 0.3 is 5.97 Å². The lowest BCUT2D eigenvalue weighted by Gasteiger charge is -2.10. The van der Waals surface area contributed by atoms with Crippen molar-refractivity contribution in [3.63, 3.8) is 0 Å². The molecule has 0 fully saturated rings. The summed E-state index contributed by atoms with van der Waals surface area (Å²) in [4.78, 5) is 15.4. The van der Waals surface area contributed by atoms with E-state index in [0.29, 0.717) is 11.3 Å². The van der Waals surface area contributed by atoms with Crippen LogP contribution in [0.25, 0.3) is 16.9 Å². The molecule has 110 valence electrons. The molecule has 0 aliphatic heterocycles. The highest BCUT2D eigenvalue weighted by molar-refractivity contribution is 9.10. The monoisotopic (exact) mass is 360 g/mol. The number of rotatable bonds is 3. The predicted molar refractivity (Wildman–Crippen MR) is 83.6 cm³/mol. The maximum atomic E-state index is 13.1. The first kappa shape index (κ1) is 14.5. The zero-order valence-corrected chi connectivity index (χ0v) is 12.8. The Morgan fingerprint density at radius 1 is 1.18 bits per heavy atom. The van der Waals surface area contributed by atoms with Gasteiger partial charge in [-0.1, -0.05) is 22.0 Å². The highest BCUT2D eigenvalue weighted by Crippen LogP contribution is 2.28. The Balaban J connectivity index is 2.24. The smallest absolute Gasteiger partial charge is 0.356 e. The van der Waals surface area contributed by atoms with E-state index >= 15 is 0 Å². The van der Waals surface area contributed by atoms with Gasteiger partial charge in [0.1, 0.15) is 12.1 Å². The summed E-state index contributed by atoms with van der Waals surface area (Å²) >= 11 is 3.39. The number of carboxylic acid groups (broad SMARTS) is 1. The molecule has 0 spiro atoms. The first-order valence-electron chi connectivity index (χ1n) is 6.39. The maximum absolute atomic E-state index is 13.1. The van der Waals surface area contributed by atoms with Gasteiger partial charge in [0, 0.05) is 15.7 Å². The van der Waals surface area contributed by atoms with Gasteiger partial charge in [0.25, 0.3) is 0 Å². The minimum atomic E-state index is -1.13. The number of imidazole rings is 1. The fraction of sp³-hybridized carbons (Fsp3) is 0. The molecule has 0 radical (unpaired) electrons. The minimum Gasteiger partial charge on any atom is -0.476 e. The van der Waals surface area contributed by atoms with Crippen molar-refractivity contribution in [2.75, 3.05) is 0 Å². The second kappa shape index (κ2) is 5.73. The van der Waals surface area contributed by atoms with Gasteiger partial charge in [-0.15, -0.1) is 0 Å². The molecule has 1 N–H and O–H groups in total. The van der Waals surface area contributed by atoms with Crippen LogP contribution in [0, 0.1) is 5.82 Å². The summed E-state index contributed by atoms with van der Waals surface area (Å²) in [6.07, 6.45) is 1.45. The molecule has 0 aliphatic carbocycles. The molecule has 0 aliphatic rings. The van der Waals surface area contributed by atoms with Crippen LogP contribution in [0.4, 0.5) is 4.39 Å². The molecule has 0 unspecified atom stereocenters. The molecule has 22 heavy (non-hydrogen) atoms. The van der Waals surface area contributed by atoms with E-state index in [0.717, 1.165) is 10.2 Å². The van der Waals surface area contributed by atoms with Crippen LogP contribution in [0.2, 0.25) is 0 Å². The van der Waals surface area contributed by atoms with E-state index in [1.54, 1.807) is 4.57 Å². The van der Waals surface area contributed by atoms with Crippen molar-refractivity contribution in [3.8, 4) is 16.9 Å². The lowest BCUT2D eigenvalue weighted by Crippen LogP contribution is -2.02. The Hall–Kier alpha value is -2.47. The average molecular weight is 361 g/mol. The van der Waals surface area contributed by atoms with Crippen molar-refractivity contribution >= 4 is 21.9 Å². The zero-order chi connectivity index (χ0) is 15.7. The fourth-order valence-electron chi connectivity index (χ4n) is 2.21. The SMILES string of the molecule is O=C(O)c1ncn(-c2cccc(Br)c2)c1-c1ccc(F)cc1. The van der Waals surface area contributed by atoms with Crippen LogP contribution in [-0.2, 0) is 0 Å². The molecular weight excluding hydrogens is 351 g/mol. The quantitative estimate of drug-likeness (QED) is 0.763. The summed E-state index contributed by atoms with van der Waals surface area (Å²) in [5.74, 6) is -1.51. The number of aromatic carboxylic acids is 1. The van der Waals surface area contributed by atoms with Crippen molar-refractivity contribution < 1.29 is 14.3 Å². The van der Waals surface area contributed by atoms with Crippen LogP contribution >= 0.6 is 15.9 Å². The normalized spacial score (nSPS) is 10.6. The van der Waals surface area contributed by atoms with Gasteiger partial charge in [-0.05, 0) is 42.5 Å². The fourth-order valence-corrected chi connectivity index (χ4v) is 2.60. The Labute approximate surface area is 134 Å². The van der Waals surface area contributed by atoms with Crippen molar-refractivity contribution in [1.82, 2.24) is 9.55 Å². The second-order valence-corrected chi connectivity index (χ2v) is 5.52. The molecule has 1 aromatic heterocycles. The summed E-state index contributed by atoms with van der Waals surface area (Å²) < 4.78 is 15.6. The molecular formula is C16H10BrFN2O2. The molecule has 2 aromatic carbocycles. The Kier molecular flexibility index (Phi) is 3.77. The van der Waals surface area contributed by atoms with Crippen LogP contribution in [-0.4, -0.2) is 20.6 Å². The number of hydrogen-bond donors (Lipinski definition) is 1. The van der Waals surface area contributed by atoms with E-state index in [1.165, 1.54) is 30.6 Å². The van der Waals surface area contributed by atoms with E-state index in [2.05, 4.69) is 20.9 Å². The van der Waals surface area contributed by atoms with E-state index in [4.69, 9.17) is 0 Å². The van der Waals surface area contributed by atoms with E-state index in [1.807, 2.05) is 24.3 Å². The Morgan fingerprint density at radius 2 is 1.91 bits per heavy atom. The highest BCUT2D eigenvalue weighted by atomic mass is 79.9. The first-order valence-corrected chi connectivity index (χ1v) is 7.18. The zero-order valence-electron chi connectivity index (χ0n) is 11.2. The van der Waals surface area contributed by atoms with Gasteiger partial charge in [-0.3, -0.25) is 4.57 Å². The summed E-state index contributed by atoms with van der Waals surface area (Å²) in [5, 5.41) is 9.34. The third-order valence-corrected chi connectivity index (χ3v) is 3.67. The topological polar surface area (TPSA) is 55.1 Å². The second-order valence-electron chi connectivity index (χ2n) is 4.60. The number of halogens is 2. The van der Waals surface area contributed by atoms with Crippen molar-refractivity contribution in [2.24, 2.45) is 0 Å². The van der Waals surface area contributed by atoms with Gasteiger partial charge in [-0.2, -0.15) is 0 Å². The van der Waals surface area contributed by atoms with Gasteiger partial charge < -0.3 is 5.11 Å². The van der Waals surface area contributed by atoms with Gasteiger partial charge in [0.05, 0.1) is 5.69 Å². The third-order valence-electron chi connectivity index (χ3n) is 3.17. The molecule has 0 saturated heterocycles. The lowest BCUT2D eigenvalue weighted by atomic mass is 10.1. The molecule has 3 rings (SSSR count). The number of nitrogens with zero attached hydrogens (tertiary/aromatic N) is 2. The third kappa shape index (κ3) is 2.65. The Morgan fingerprint density at radius 3 is 2.55 bits per heavy atom. The molecule has 0 atom stereocenters. The number of carbonyl (C=O) groups is 1. The Bertz CT molecular complexity index is 844. The molecule has 4 nitrogen and oxygen atoms in total. The number of benzene rings is 2. The average Bonchev–Trinajstić information content (AvgIpc) is 2.93. The van der Waals surface area contributed by atoms with Crippen LogP contribution in [0.3, 0.4) is 0 Å². The van der Waals surface area contributed by atoms with E-state index in [-0.39, 0.29) is 11.5 Å². The van der Waals surface area contributed by atoms with Crippen molar-refractivity contribution in [1.29, 1.82) is 0 Å². The molecule has 0 amide bonds. The molecule has 3 aromatic rings. The van der Waals surface area contributed by atoms with Crippen LogP contribution in [0.5, 0.6) is 0 Å². The number of carboxylic acids is 1. The van der Waals surface area contributed by atoms with Crippen LogP contribution in [0.15, 0.2) is 59.3 Å². The number of hydrogen-bond acceptors (Lipinski definition) is 2. The standard InChI is InChI=1S/C16H10BrFN2O2/c17-11-2-1-3-13(8-11)20-9-19-14(16(21)22)15(20)10-4-6-12(18)7-5-10/h1-9H,(H,21,22). The summed E-state index contributed by atoms with van der Waals surface area (Å²) in [7, 11) is 0. The minimum absolute atomic E-state index is 0.0772. The van der Waals surface area contributed by atoms with Crippen LogP contribution < -0.4 is 0 Å². The molecule has 0 bridgehead atoms.